The number of para-hydroxylation sites is 1. The van der Waals surface area contributed by atoms with Crippen molar-refractivity contribution in [3.63, 3.8) is 0 Å². The molecule has 0 aliphatic carbocycles. The SMILES string of the molecule is Cc1cc(C)c(-c2csc(NC(=O)c3cc(=O)c4ccccc4o3)n2)c(C)c1. The molecule has 1 N–H and O–H groups in total. The van der Waals surface area contributed by atoms with Crippen LogP contribution in [0.3, 0.4) is 0 Å². The normalized spacial score (nSPS) is 11.0. The Labute approximate surface area is 165 Å². The van der Waals surface area contributed by atoms with Crippen molar-refractivity contribution in [2.24, 2.45) is 0 Å². The Morgan fingerprint density at radius 2 is 1.79 bits per heavy atom. The Bertz CT molecular complexity index is 1250. The summed E-state index contributed by atoms with van der Waals surface area (Å²) in [5.41, 5.74) is 5.50. The van der Waals surface area contributed by atoms with Gasteiger partial charge in [-0.25, -0.2) is 4.98 Å². The molecule has 0 atom stereocenters. The maximum Gasteiger partial charge on any atom is 0.293 e. The maximum atomic E-state index is 12.6. The van der Waals surface area contributed by atoms with Gasteiger partial charge in [0.2, 0.25) is 0 Å². The molecule has 4 aromatic rings. The topological polar surface area (TPSA) is 72.2 Å². The molecule has 2 heterocycles. The van der Waals surface area contributed by atoms with Gasteiger partial charge in [0.25, 0.3) is 5.91 Å². The highest BCUT2D eigenvalue weighted by atomic mass is 32.1. The lowest BCUT2D eigenvalue weighted by atomic mass is 9.98. The van der Waals surface area contributed by atoms with E-state index in [0.29, 0.717) is 16.1 Å². The molecular formula is C22H18N2O3S. The summed E-state index contributed by atoms with van der Waals surface area (Å²) in [6.07, 6.45) is 0. The van der Waals surface area contributed by atoms with Crippen molar-refractivity contribution < 1.29 is 9.21 Å². The molecule has 2 aromatic heterocycles. The van der Waals surface area contributed by atoms with Crippen LogP contribution >= 0.6 is 11.3 Å². The number of carbonyl (C=O) groups excluding carboxylic acids is 1. The van der Waals surface area contributed by atoms with Crippen LogP contribution in [0, 0.1) is 20.8 Å². The van der Waals surface area contributed by atoms with Crippen molar-refractivity contribution >= 4 is 33.3 Å². The Balaban J connectivity index is 1.63. The van der Waals surface area contributed by atoms with Crippen molar-refractivity contribution in [2.45, 2.75) is 20.8 Å². The van der Waals surface area contributed by atoms with E-state index >= 15 is 0 Å². The molecule has 0 fully saturated rings. The maximum absolute atomic E-state index is 12.6. The van der Waals surface area contributed by atoms with Crippen LogP contribution in [0.15, 0.2) is 57.1 Å². The number of hydrogen-bond acceptors (Lipinski definition) is 5. The van der Waals surface area contributed by atoms with E-state index in [1.165, 1.54) is 23.0 Å². The lowest BCUT2D eigenvalue weighted by Crippen LogP contribution is -2.14. The molecule has 6 heteroatoms. The summed E-state index contributed by atoms with van der Waals surface area (Å²) in [5, 5.41) is 5.54. The Hall–Kier alpha value is -3.25. The van der Waals surface area contributed by atoms with Crippen LogP contribution in [0.2, 0.25) is 0 Å². The summed E-state index contributed by atoms with van der Waals surface area (Å²) in [6.45, 7) is 6.17. The largest absolute Gasteiger partial charge is 0.451 e. The predicted molar refractivity (Wildman–Crippen MR) is 112 cm³/mol. The average molecular weight is 390 g/mol. The minimum Gasteiger partial charge on any atom is -0.451 e. The zero-order chi connectivity index (χ0) is 19.8. The molecule has 1 amide bonds. The molecule has 0 spiro atoms. The van der Waals surface area contributed by atoms with E-state index in [1.807, 2.05) is 5.38 Å². The number of carbonyl (C=O) groups is 1. The van der Waals surface area contributed by atoms with E-state index in [9.17, 15) is 9.59 Å². The fraction of sp³-hybridized carbons (Fsp3) is 0.136. The van der Waals surface area contributed by atoms with E-state index in [-0.39, 0.29) is 11.2 Å². The number of nitrogens with zero attached hydrogens (tertiary/aromatic N) is 1. The van der Waals surface area contributed by atoms with E-state index in [0.717, 1.165) is 22.4 Å². The van der Waals surface area contributed by atoms with Crippen LogP contribution in [0.4, 0.5) is 5.13 Å². The highest BCUT2D eigenvalue weighted by molar-refractivity contribution is 7.14. The molecule has 0 saturated carbocycles. The number of rotatable bonds is 3. The second-order valence-electron chi connectivity index (χ2n) is 6.74. The third-order valence-electron chi connectivity index (χ3n) is 4.52. The third kappa shape index (κ3) is 3.34. The van der Waals surface area contributed by atoms with Gasteiger partial charge < -0.3 is 4.42 Å². The van der Waals surface area contributed by atoms with Gasteiger partial charge in [0.1, 0.15) is 5.58 Å². The molecule has 0 bridgehead atoms. The Kier molecular flexibility index (Phi) is 4.57. The summed E-state index contributed by atoms with van der Waals surface area (Å²) < 4.78 is 5.58. The first-order chi connectivity index (χ1) is 13.4. The quantitative estimate of drug-likeness (QED) is 0.529. The second-order valence-corrected chi connectivity index (χ2v) is 7.59. The van der Waals surface area contributed by atoms with Crippen molar-refractivity contribution in [1.82, 2.24) is 4.98 Å². The van der Waals surface area contributed by atoms with Gasteiger partial charge in [-0.15, -0.1) is 11.3 Å². The van der Waals surface area contributed by atoms with Gasteiger partial charge in [-0.1, -0.05) is 29.8 Å². The molecule has 4 rings (SSSR count). The summed E-state index contributed by atoms with van der Waals surface area (Å²) in [6, 6.07) is 12.3. The first-order valence-electron chi connectivity index (χ1n) is 8.80. The number of hydrogen-bond donors (Lipinski definition) is 1. The monoisotopic (exact) mass is 390 g/mol. The highest BCUT2D eigenvalue weighted by Crippen LogP contribution is 2.31. The summed E-state index contributed by atoms with van der Waals surface area (Å²) >= 11 is 1.33. The molecular weight excluding hydrogens is 372 g/mol. The average Bonchev–Trinajstić information content (AvgIpc) is 3.08. The van der Waals surface area contributed by atoms with Gasteiger partial charge in [0.05, 0.1) is 11.1 Å². The number of aromatic nitrogens is 1. The van der Waals surface area contributed by atoms with E-state index in [4.69, 9.17) is 4.42 Å². The third-order valence-corrected chi connectivity index (χ3v) is 5.27. The summed E-state index contributed by atoms with van der Waals surface area (Å²) in [4.78, 5) is 29.3. The minimum absolute atomic E-state index is 0.0388. The first kappa shape index (κ1) is 18.1. The fourth-order valence-electron chi connectivity index (χ4n) is 3.40. The lowest BCUT2D eigenvalue weighted by Gasteiger charge is -2.08. The standard InChI is InChI=1S/C22H18N2O3S/c1-12-8-13(2)20(14(3)9-12)16-11-28-22(23-16)24-21(26)19-10-17(25)15-6-4-5-7-18(15)27-19/h4-11H,1-3H3,(H,23,24,26). The van der Waals surface area contributed by atoms with Crippen LogP contribution in [-0.2, 0) is 0 Å². The molecule has 0 radical (unpaired) electrons. The molecule has 0 unspecified atom stereocenters. The van der Waals surface area contributed by atoms with Gasteiger partial charge in [-0.2, -0.15) is 0 Å². The number of thiazole rings is 1. The molecule has 2 aromatic carbocycles. The van der Waals surface area contributed by atoms with Crippen molar-refractivity contribution in [2.75, 3.05) is 5.32 Å². The smallest absolute Gasteiger partial charge is 0.293 e. The van der Waals surface area contributed by atoms with E-state index < -0.39 is 5.91 Å². The molecule has 28 heavy (non-hydrogen) atoms. The van der Waals surface area contributed by atoms with Gasteiger partial charge in [0.15, 0.2) is 16.3 Å². The van der Waals surface area contributed by atoms with Crippen LogP contribution in [0.25, 0.3) is 22.2 Å². The van der Waals surface area contributed by atoms with Crippen LogP contribution in [0.5, 0.6) is 0 Å². The zero-order valence-electron chi connectivity index (χ0n) is 15.7. The molecule has 0 aliphatic heterocycles. The number of fused-ring (bicyclic) bond motifs is 1. The number of amides is 1. The van der Waals surface area contributed by atoms with Crippen molar-refractivity contribution in [1.29, 1.82) is 0 Å². The van der Waals surface area contributed by atoms with Gasteiger partial charge in [-0.3, -0.25) is 14.9 Å². The number of benzene rings is 2. The predicted octanol–water partition coefficient (Wildman–Crippen LogP) is 5.09. The van der Waals surface area contributed by atoms with Crippen LogP contribution in [-0.4, -0.2) is 10.9 Å². The fourth-order valence-corrected chi connectivity index (χ4v) is 4.10. The first-order valence-corrected chi connectivity index (χ1v) is 9.68. The lowest BCUT2D eigenvalue weighted by molar-refractivity contribution is 0.0997. The molecule has 0 aliphatic rings. The van der Waals surface area contributed by atoms with E-state index in [1.54, 1.807) is 24.3 Å². The number of aryl methyl sites for hydroxylation is 3. The number of nitrogens with one attached hydrogen (secondary N) is 1. The molecule has 5 nitrogen and oxygen atoms in total. The minimum atomic E-state index is -0.499. The molecule has 140 valence electrons. The van der Waals surface area contributed by atoms with Crippen LogP contribution in [0.1, 0.15) is 27.2 Å². The van der Waals surface area contributed by atoms with Gasteiger partial charge in [0, 0.05) is 17.0 Å². The summed E-state index contributed by atoms with van der Waals surface area (Å²) in [5.74, 6) is -0.538. The second kappa shape index (κ2) is 7.05. The highest BCUT2D eigenvalue weighted by Gasteiger charge is 2.16. The molecule has 0 saturated heterocycles. The van der Waals surface area contributed by atoms with Gasteiger partial charge >= 0.3 is 0 Å². The van der Waals surface area contributed by atoms with Crippen molar-refractivity contribution in [3.05, 3.63) is 80.5 Å². The number of anilines is 1. The Morgan fingerprint density at radius 3 is 2.54 bits per heavy atom. The van der Waals surface area contributed by atoms with E-state index in [2.05, 4.69) is 43.2 Å². The van der Waals surface area contributed by atoms with Crippen molar-refractivity contribution in [3.8, 4) is 11.3 Å². The Morgan fingerprint density at radius 1 is 1.07 bits per heavy atom. The van der Waals surface area contributed by atoms with Crippen LogP contribution < -0.4 is 10.7 Å². The summed E-state index contributed by atoms with van der Waals surface area (Å²) in [7, 11) is 0. The zero-order valence-corrected chi connectivity index (χ0v) is 16.5. The van der Waals surface area contributed by atoms with Gasteiger partial charge in [-0.05, 0) is 44.0 Å².